The Bertz CT molecular complexity index is 294. The van der Waals surface area contributed by atoms with Gasteiger partial charge in [-0.15, -0.1) is 0 Å². The molecule has 0 saturated carbocycles. The molecular formula is C7H6N2OS. The maximum atomic E-state index is 4.94. The van der Waals surface area contributed by atoms with Gasteiger partial charge >= 0.3 is 0 Å². The van der Waals surface area contributed by atoms with Crippen molar-refractivity contribution >= 4 is 23.2 Å². The normalized spacial score (nSPS) is 8.45. The molecule has 0 saturated heterocycles. The molecular weight excluding hydrogens is 160 g/mol. The van der Waals surface area contributed by atoms with Gasteiger partial charge in [-0.2, -0.15) is 4.99 Å². The molecule has 0 N–H and O–H groups in total. The monoisotopic (exact) mass is 166 g/mol. The number of hydrogen-bond donors (Lipinski definition) is 0. The Morgan fingerprint density at radius 3 is 3.18 bits per heavy atom. The number of isothiocyanates is 1. The van der Waals surface area contributed by atoms with Gasteiger partial charge in [0.2, 0.25) is 0 Å². The molecule has 4 heteroatoms. The summed E-state index contributed by atoms with van der Waals surface area (Å²) in [5.41, 5.74) is 0. The lowest BCUT2D eigenvalue weighted by Crippen LogP contribution is -1.82. The lowest BCUT2D eigenvalue weighted by Gasteiger charge is -1.96. The van der Waals surface area contributed by atoms with Crippen LogP contribution in [0.1, 0.15) is 0 Å². The highest BCUT2D eigenvalue weighted by Gasteiger charge is 1.92. The van der Waals surface area contributed by atoms with E-state index in [-0.39, 0.29) is 0 Å². The van der Waals surface area contributed by atoms with Crippen LogP contribution in [0.5, 0.6) is 5.75 Å². The Labute approximate surface area is 69.7 Å². The fourth-order valence-corrected chi connectivity index (χ4v) is 0.728. The van der Waals surface area contributed by atoms with Crippen LogP contribution in [0.25, 0.3) is 0 Å². The van der Waals surface area contributed by atoms with Crippen molar-refractivity contribution in [2.45, 2.75) is 0 Å². The number of hydrogen-bond acceptors (Lipinski definition) is 4. The lowest BCUT2D eigenvalue weighted by molar-refractivity contribution is 0.414. The van der Waals surface area contributed by atoms with Gasteiger partial charge in [0.05, 0.1) is 12.3 Å². The van der Waals surface area contributed by atoms with Crippen molar-refractivity contribution in [3.05, 3.63) is 18.3 Å². The van der Waals surface area contributed by atoms with Crippen molar-refractivity contribution in [3.8, 4) is 5.75 Å². The third kappa shape index (κ3) is 2.11. The van der Waals surface area contributed by atoms with Crippen molar-refractivity contribution in [2.75, 3.05) is 7.11 Å². The van der Waals surface area contributed by atoms with Crippen LogP contribution in [0.4, 0.5) is 5.82 Å². The summed E-state index contributed by atoms with van der Waals surface area (Å²) >= 11 is 4.42. The summed E-state index contributed by atoms with van der Waals surface area (Å²) in [6.07, 6.45) is 1.60. The van der Waals surface area contributed by atoms with Crippen LogP contribution < -0.4 is 4.74 Å². The molecule has 1 rings (SSSR count). The summed E-state index contributed by atoms with van der Waals surface area (Å²) in [6, 6.07) is 3.42. The second-order valence-corrected chi connectivity index (χ2v) is 1.94. The van der Waals surface area contributed by atoms with Crippen molar-refractivity contribution < 1.29 is 4.74 Å². The third-order valence-corrected chi connectivity index (χ3v) is 1.20. The second kappa shape index (κ2) is 3.81. The van der Waals surface area contributed by atoms with E-state index in [9.17, 15) is 0 Å². The first-order valence-electron chi connectivity index (χ1n) is 2.94. The number of pyridine rings is 1. The van der Waals surface area contributed by atoms with E-state index in [0.29, 0.717) is 11.6 Å². The highest BCUT2D eigenvalue weighted by Crippen LogP contribution is 2.15. The zero-order chi connectivity index (χ0) is 8.10. The average molecular weight is 166 g/mol. The summed E-state index contributed by atoms with van der Waals surface area (Å²) < 4.78 is 4.94. The Balaban J connectivity index is 3.00. The molecule has 0 bridgehead atoms. The molecule has 0 fully saturated rings. The molecule has 0 amide bonds. The van der Waals surface area contributed by atoms with Crippen molar-refractivity contribution in [3.63, 3.8) is 0 Å². The van der Waals surface area contributed by atoms with Gasteiger partial charge < -0.3 is 4.74 Å². The first-order valence-corrected chi connectivity index (χ1v) is 3.35. The standard InChI is InChI=1S/C7H6N2OS/c1-10-6-2-3-8-7(4-6)9-5-11/h2-4H,1H3. The number of rotatable bonds is 2. The summed E-state index contributed by atoms with van der Waals surface area (Å²) in [5, 5.41) is 2.23. The molecule has 0 aliphatic heterocycles. The van der Waals surface area contributed by atoms with Gasteiger partial charge in [0.15, 0.2) is 5.82 Å². The zero-order valence-electron chi connectivity index (χ0n) is 5.94. The van der Waals surface area contributed by atoms with Gasteiger partial charge in [0.1, 0.15) is 5.75 Å². The van der Waals surface area contributed by atoms with Gasteiger partial charge in [0.25, 0.3) is 0 Å². The summed E-state index contributed by atoms with van der Waals surface area (Å²) in [5.74, 6) is 1.23. The molecule has 56 valence electrons. The molecule has 0 aliphatic rings. The van der Waals surface area contributed by atoms with Crippen molar-refractivity contribution in [1.29, 1.82) is 0 Å². The van der Waals surface area contributed by atoms with Crippen molar-refractivity contribution in [2.24, 2.45) is 4.99 Å². The van der Waals surface area contributed by atoms with E-state index in [1.807, 2.05) is 0 Å². The Morgan fingerprint density at radius 2 is 2.55 bits per heavy atom. The molecule has 0 atom stereocenters. The molecule has 0 spiro atoms. The first-order chi connectivity index (χ1) is 5.36. The average Bonchev–Trinajstić information content (AvgIpc) is 2.06. The van der Waals surface area contributed by atoms with E-state index in [4.69, 9.17) is 4.74 Å². The number of ether oxygens (including phenoxy) is 1. The van der Waals surface area contributed by atoms with Gasteiger partial charge in [-0.25, -0.2) is 4.98 Å². The Kier molecular flexibility index (Phi) is 2.72. The van der Waals surface area contributed by atoms with Gasteiger partial charge in [-0.1, -0.05) is 0 Å². The highest BCUT2D eigenvalue weighted by atomic mass is 32.1. The van der Waals surface area contributed by atoms with E-state index < -0.39 is 0 Å². The summed E-state index contributed by atoms with van der Waals surface area (Å²) in [6.45, 7) is 0. The first kappa shape index (κ1) is 7.85. The van der Waals surface area contributed by atoms with Crippen LogP contribution in [0.3, 0.4) is 0 Å². The van der Waals surface area contributed by atoms with E-state index >= 15 is 0 Å². The molecule has 0 aromatic carbocycles. The lowest BCUT2D eigenvalue weighted by atomic mass is 10.4. The maximum absolute atomic E-state index is 4.94. The smallest absolute Gasteiger partial charge is 0.166 e. The van der Waals surface area contributed by atoms with Gasteiger partial charge in [-0.3, -0.25) is 0 Å². The molecule has 0 radical (unpaired) electrons. The molecule has 0 unspecified atom stereocenters. The van der Waals surface area contributed by atoms with Crippen LogP contribution in [0.15, 0.2) is 23.3 Å². The van der Waals surface area contributed by atoms with E-state index in [1.54, 1.807) is 25.4 Å². The molecule has 1 aromatic heterocycles. The zero-order valence-corrected chi connectivity index (χ0v) is 6.76. The van der Waals surface area contributed by atoms with Crippen LogP contribution >= 0.6 is 12.2 Å². The summed E-state index contributed by atoms with van der Waals surface area (Å²) in [4.78, 5) is 7.59. The minimum absolute atomic E-state index is 0.513. The Morgan fingerprint density at radius 1 is 1.73 bits per heavy atom. The fraction of sp³-hybridized carbons (Fsp3) is 0.143. The van der Waals surface area contributed by atoms with Crippen LogP contribution in [-0.2, 0) is 0 Å². The van der Waals surface area contributed by atoms with E-state index in [0.717, 1.165) is 0 Å². The summed E-state index contributed by atoms with van der Waals surface area (Å²) in [7, 11) is 1.58. The molecule has 1 aromatic rings. The predicted molar refractivity (Wildman–Crippen MR) is 45.5 cm³/mol. The van der Waals surface area contributed by atoms with Crippen LogP contribution in [0, 0.1) is 0 Å². The fourth-order valence-electron chi connectivity index (χ4n) is 0.635. The third-order valence-electron chi connectivity index (χ3n) is 1.11. The highest BCUT2D eigenvalue weighted by molar-refractivity contribution is 7.78. The van der Waals surface area contributed by atoms with E-state index in [2.05, 4.69) is 27.4 Å². The van der Waals surface area contributed by atoms with E-state index in [1.165, 1.54) is 0 Å². The predicted octanol–water partition coefficient (Wildman–Crippen LogP) is 1.82. The van der Waals surface area contributed by atoms with Crippen LogP contribution in [0.2, 0.25) is 0 Å². The Hall–Kier alpha value is -1.25. The number of aromatic nitrogens is 1. The largest absolute Gasteiger partial charge is 0.497 e. The minimum atomic E-state index is 0.513. The van der Waals surface area contributed by atoms with Gasteiger partial charge in [0, 0.05) is 12.3 Å². The second-order valence-electron chi connectivity index (χ2n) is 1.76. The minimum Gasteiger partial charge on any atom is -0.497 e. The molecule has 11 heavy (non-hydrogen) atoms. The maximum Gasteiger partial charge on any atom is 0.166 e. The van der Waals surface area contributed by atoms with Crippen LogP contribution in [-0.4, -0.2) is 17.3 Å². The molecule has 0 aliphatic carbocycles. The topological polar surface area (TPSA) is 34.5 Å². The number of aliphatic imine (C=N–C) groups is 1. The SMILES string of the molecule is COc1ccnc(N=C=S)c1. The number of methoxy groups -OCH3 is 1. The molecule has 3 nitrogen and oxygen atoms in total. The quantitative estimate of drug-likeness (QED) is 0.496. The molecule has 1 heterocycles. The number of thiocarbonyl (C=S) groups is 1. The number of nitrogens with zero attached hydrogens (tertiary/aromatic N) is 2. The van der Waals surface area contributed by atoms with Crippen molar-refractivity contribution in [1.82, 2.24) is 4.98 Å². The van der Waals surface area contributed by atoms with Gasteiger partial charge in [-0.05, 0) is 18.3 Å².